The Kier molecular flexibility index (Phi) is 5.75. The first kappa shape index (κ1) is 18.9. The van der Waals surface area contributed by atoms with Crippen molar-refractivity contribution in [3.05, 3.63) is 58.1 Å². The van der Waals surface area contributed by atoms with Gasteiger partial charge in [0.05, 0.1) is 18.4 Å². The van der Waals surface area contributed by atoms with E-state index in [0.717, 1.165) is 10.0 Å². The van der Waals surface area contributed by atoms with E-state index >= 15 is 0 Å². The Morgan fingerprint density at radius 3 is 2.59 bits per heavy atom. The number of hydrogen-bond donors (Lipinski definition) is 1. The topological polar surface area (TPSA) is 84.9 Å². The number of carbonyl (C=O) groups is 3. The number of halogens is 1. The molecule has 1 fully saturated rings. The summed E-state index contributed by atoms with van der Waals surface area (Å²) in [6.45, 7) is 0.0594. The number of benzene rings is 2. The van der Waals surface area contributed by atoms with E-state index in [1.807, 2.05) is 12.1 Å². The Balaban J connectivity index is 1.67. The second-order valence-corrected chi connectivity index (χ2v) is 6.76. The van der Waals surface area contributed by atoms with Crippen LogP contribution < -0.4 is 15.2 Å². The number of rotatable bonds is 5. The molecule has 1 aliphatic rings. The summed E-state index contributed by atoms with van der Waals surface area (Å²) in [6, 6.07) is 11.7. The Labute approximate surface area is 164 Å². The Morgan fingerprint density at radius 2 is 1.89 bits per heavy atom. The summed E-state index contributed by atoms with van der Waals surface area (Å²) in [4.78, 5) is 35.7. The molecule has 0 aliphatic carbocycles. The summed E-state index contributed by atoms with van der Waals surface area (Å²) in [6.07, 6.45) is 0.336. The van der Waals surface area contributed by atoms with Crippen molar-refractivity contribution in [2.75, 3.05) is 12.1 Å². The first-order chi connectivity index (χ1) is 13.0. The molecular formula is C19H17BrN2O5. The molecule has 0 radical (unpaired) electrons. The highest BCUT2D eigenvalue weighted by Gasteiger charge is 2.24. The van der Waals surface area contributed by atoms with Gasteiger partial charge in [0.25, 0.3) is 0 Å². The van der Waals surface area contributed by atoms with Crippen molar-refractivity contribution in [3.8, 4) is 5.75 Å². The molecule has 8 heteroatoms. The van der Waals surface area contributed by atoms with Gasteiger partial charge in [0.2, 0.25) is 11.8 Å². The molecule has 0 bridgehead atoms. The van der Waals surface area contributed by atoms with Gasteiger partial charge in [0.15, 0.2) is 0 Å². The van der Waals surface area contributed by atoms with Gasteiger partial charge in [-0.3, -0.25) is 15.0 Å². The Hall–Kier alpha value is -2.87. The molecule has 2 aromatic rings. The summed E-state index contributed by atoms with van der Waals surface area (Å²) in [5.41, 5.74) is 4.06. The summed E-state index contributed by atoms with van der Waals surface area (Å²) in [5, 5.41) is 1.19. The fraction of sp³-hybridized carbons (Fsp3) is 0.211. The van der Waals surface area contributed by atoms with Crippen molar-refractivity contribution < 1.29 is 23.9 Å². The fourth-order valence-electron chi connectivity index (χ4n) is 2.62. The van der Waals surface area contributed by atoms with Crippen molar-refractivity contribution in [1.29, 1.82) is 0 Å². The van der Waals surface area contributed by atoms with Gasteiger partial charge >= 0.3 is 5.97 Å². The second-order valence-electron chi connectivity index (χ2n) is 5.84. The van der Waals surface area contributed by atoms with Crippen molar-refractivity contribution in [2.24, 2.45) is 0 Å². The van der Waals surface area contributed by atoms with E-state index in [0.29, 0.717) is 17.0 Å². The van der Waals surface area contributed by atoms with Crippen LogP contribution in [0.5, 0.6) is 5.75 Å². The SMILES string of the molecule is COc1ccc(Br)cc1COC(=O)c1ccc(N2NC(=O)CCC2=O)cc1. The minimum atomic E-state index is -0.502. The largest absolute Gasteiger partial charge is 0.496 e. The zero-order valence-corrected chi connectivity index (χ0v) is 16.1. The summed E-state index contributed by atoms with van der Waals surface area (Å²) >= 11 is 3.37. The lowest BCUT2D eigenvalue weighted by Crippen LogP contribution is -2.50. The highest BCUT2D eigenvalue weighted by atomic mass is 79.9. The Morgan fingerprint density at radius 1 is 1.15 bits per heavy atom. The van der Waals surface area contributed by atoms with Crippen molar-refractivity contribution >= 4 is 39.4 Å². The lowest BCUT2D eigenvalue weighted by molar-refractivity contribution is -0.130. The van der Waals surface area contributed by atoms with E-state index < -0.39 is 5.97 Å². The third kappa shape index (κ3) is 4.46. The van der Waals surface area contributed by atoms with Crippen LogP contribution in [0.3, 0.4) is 0 Å². The third-order valence-electron chi connectivity index (χ3n) is 4.01. The van der Waals surface area contributed by atoms with Gasteiger partial charge in [-0.25, -0.2) is 9.80 Å². The van der Waals surface area contributed by atoms with Gasteiger partial charge < -0.3 is 9.47 Å². The van der Waals surface area contributed by atoms with Crippen LogP contribution in [0.1, 0.15) is 28.8 Å². The number of carbonyl (C=O) groups excluding carboxylic acids is 3. The van der Waals surface area contributed by atoms with Crippen LogP contribution in [-0.2, 0) is 20.9 Å². The van der Waals surface area contributed by atoms with Gasteiger partial charge in [0.1, 0.15) is 12.4 Å². The zero-order chi connectivity index (χ0) is 19.4. The summed E-state index contributed by atoms with van der Waals surface area (Å²) in [7, 11) is 1.55. The van der Waals surface area contributed by atoms with Crippen molar-refractivity contribution in [2.45, 2.75) is 19.4 Å². The quantitative estimate of drug-likeness (QED) is 0.734. The molecule has 1 heterocycles. The normalized spacial score (nSPS) is 13.9. The van der Waals surface area contributed by atoms with Crippen molar-refractivity contribution in [3.63, 3.8) is 0 Å². The molecule has 0 spiro atoms. The van der Waals surface area contributed by atoms with E-state index in [2.05, 4.69) is 21.4 Å². The molecule has 0 atom stereocenters. The fourth-order valence-corrected chi connectivity index (χ4v) is 3.03. The van der Waals surface area contributed by atoms with Crippen LogP contribution in [0.25, 0.3) is 0 Å². The summed E-state index contributed by atoms with van der Waals surface area (Å²) in [5.74, 6) is -0.300. The van der Waals surface area contributed by atoms with Crippen LogP contribution in [0.4, 0.5) is 5.69 Å². The molecule has 140 valence electrons. The van der Waals surface area contributed by atoms with Gasteiger partial charge in [-0.15, -0.1) is 0 Å². The van der Waals surface area contributed by atoms with Gasteiger partial charge in [-0.1, -0.05) is 15.9 Å². The molecule has 1 aliphatic heterocycles. The van der Waals surface area contributed by atoms with Gasteiger partial charge in [0, 0.05) is 22.9 Å². The second kappa shape index (κ2) is 8.22. The molecule has 0 saturated carbocycles. The number of esters is 1. The minimum Gasteiger partial charge on any atom is -0.496 e. The number of nitrogens with one attached hydrogen (secondary N) is 1. The molecular weight excluding hydrogens is 416 g/mol. The molecule has 7 nitrogen and oxygen atoms in total. The highest BCUT2D eigenvalue weighted by Crippen LogP contribution is 2.24. The average Bonchev–Trinajstić information content (AvgIpc) is 2.68. The van der Waals surface area contributed by atoms with E-state index in [-0.39, 0.29) is 31.3 Å². The number of methoxy groups -OCH3 is 1. The van der Waals surface area contributed by atoms with E-state index in [4.69, 9.17) is 9.47 Å². The maximum Gasteiger partial charge on any atom is 0.338 e. The smallest absolute Gasteiger partial charge is 0.338 e. The van der Waals surface area contributed by atoms with E-state index in [9.17, 15) is 14.4 Å². The lowest BCUT2D eigenvalue weighted by Gasteiger charge is -2.27. The maximum atomic E-state index is 12.3. The zero-order valence-electron chi connectivity index (χ0n) is 14.5. The van der Waals surface area contributed by atoms with Gasteiger partial charge in [-0.2, -0.15) is 0 Å². The number of hydrogen-bond acceptors (Lipinski definition) is 5. The first-order valence-electron chi connectivity index (χ1n) is 8.20. The molecule has 2 aromatic carbocycles. The lowest BCUT2D eigenvalue weighted by atomic mass is 10.1. The highest BCUT2D eigenvalue weighted by molar-refractivity contribution is 9.10. The van der Waals surface area contributed by atoms with Crippen molar-refractivity contribution in [1.82, 2.24) is 5.43 Å². The third-order valence-corrected chi connectivity index (χ3v) is 4.51. The number of anilines is 1. The maximum absolute atomic E-state index is 12.3. The molecule has 0 aromatic heterocycles. The number of ether oxygens (including phenoxy) is 2. The van der Waals surface area contributed by atoms with Crippen LogP contribution in [0.2, 0.25) is 0 Å². The molecule has 1 saturated heterocycles. The van der Waals surface area contributed by atoms with E-state index in [1.165, 1.54) is 5.01 Å². The predicted octanol–water partition coefficient (Wildman–Crippen LogP) is 2.97. The molecule has 0 unspecified atom stereocenters. The van der Waals surface area contributed by atoms with Gasteiger partial charge in [-0.05, 0) is 42.5 Å². The predicted molar refractivity (Wildman–Crippen MR) is 101 cm³/mol. The number of amides is 2. The van der Waals surface area contributed by atoms with Crippen LogP contribution in [0.15, 0.2) is 46.9 Å². The minimum absolute atomic E-state index is 0.0594. The van der Waals surface area contributed by atoms with Crippen LogP contribution >= 0.6 is 15.9 Å². The molecule has 3 rings (SSSR count). The van der Waals surface area contributed by atoms with Crippen LogP contribution in [-0.4, -0.2) is 24.9 Å². The molecule has 27 heavy (non-hydrogen) atoms. The molecule has 2 amide bonds. The number of nitrogens with zero attached hydrogens (tertiary/aromatic N) is 1. The average molecular weight is 433 g/mol. The number of hydrazine groups is 1. The monoisotopic (exact) mass is 432 g/mol. The van der Waals surface area contributed by atoms with Crippen LogP contribution in [0, 0.1) is 0 Å². The summed E-state index contributed by atoms with van der Waals surface area (Å²) < 4.78 is 11.5. The first-order valence-corrected chi connectivity index (χ1v) is 8.99. The van der Waals surface area contributed by atoms with E-state index in [1.54, 1.807) is 37.4 Å². The molecule has 1 N–H and O–H groups in total. The Bertz CT molecular complexity index is 882. The standard InChI is InChI=1S/C19H17BrN2O5/c1-26-16-7-4-14(20)10-13(16)11-27-19(25)12-2-5-15(6-3-12)22-18(24)9-8-17(23)21-22/h2-7,10H,8-9,11H2,1H3,(H,21,23).